The number of H-pyrrole nitrogens is 1. The number of aromatic amines is 1. The van der Waals surface area contributed by atoms with E-state index in [0.717, 1.165) is 19.0 Å². The third-order valence-corrected chi connectivity index (χ3v) is 6.05. The second kappa shape index (κ2) is 16.2. The molecule has 0 aliphatic heterocycles. The second-order valence-corrected chi connectivity index (χ2v) is 8.98. The van der Waals surface area contributed by atoms with Gasteiger partial charge in [0.1, 0.15) is 5.52 Å². The van der Waals surface area contributed by atoms with Gasteiger partial charge in [0.05, 0.1) is 14.9 Å². The average molecular weight is 654 g/mol. The van der Waals surface area contributed by atoms with E-state index in [0.29, 0.717) is 67.0 Å². The highest BCUT2D eigenvalue weighted by atomic mass is 16.5. The zero-order valence-corrected chi connectivity index (χ0v) is 23.4. The predicted octanol–water partition coefficient (Wildman–Crippen LogP) is 1.02. The van der Waals surface area contributed by atoms with Crippen LogP contribution in [-0.2, 0) is 0 Å². The molecular weight excluding hydrogens is 624 g/mol. The molecule has 0 saturated heterocycles. The molecule has 4 heterocycles. The topological polar surface area (TPSA) is 238 Å². The Hall–Kier alpha value is -7.24. The Morgan fingerprint density at radius 2 is 1.08 bits per heavy atom. The van der Waals surface area contributed by atoms with Crippen molar-refractivity contribution in [1.29, 1.82) is 0 Å². The van der Waals surface area contributed by atoms with Gasteiger partial charge < -0.3 is 26.0 Å². The summed E-state index contributed by atoms with van der Waals surface area (Å²) in [5.41, 5.74) is 3.88. The number of hydrogen-bond acceptors (Lipinski definition) is 11. The first-order valence-corrected chi connectivity index (χ1v) is 13.1. The maximum atomic E-state index is 11.1. The van der Waals surface area contributed by atoms with E-state index < -0.39 is 0 Å². The normalized spacial score (nSPS) is 9.83. The SMILES string of the molecule is C.C.O=[n+]1c[n+]([O-])c2ccccc2[nH]1.[O-][n+]1cn[n+]([O-])c2ccccc21.[O-][n+]1cnnc2ccccc21.[O-][n+]1ncnc2ccccc21. The number of nitrogens with zero attached hydrogens (tertiary/aromatic N) is 11. The van der Waals surface area contributed by atoms with E-state index in [9.17, 15) is 30.9 Å². The maximum absolute atomic E-state index is 11.1. The molecule has 0 aliphatic rings. The quantitative estimate of drug-likeness (QED) is 0.179. The fraction of sp³-hybridized carbons (Fsp3) is 0.0667. The summed E-state index contributed by atoms with van der Waals surface area (Å²) in [5, 5.41) is 71.6. The van der Waals surface area contributed by atoms with Crippen LogP contribution in [-0.4, -0.2) is 30.5 Å². The minimum atomic E-state index is 0. The Kier molecular flexibility index (Phi) is 11.9. The Morgan fingerprint density at radius 3 is 1.75 bits per heavy atom. The second-order valence-electron chi connectivity index (χ2n) is 8.98. The van der Waals surface area contributed by atoms with Crippen LogP contribution in [0.5, 0.6) is 0 Å². The van der Waals surface area contributed by atoms with E-state index in [-0.39, 0.29) is 20.4 Å². The molecule has 18 nitrogen and oxygen atoms in total. The number of nitrogens with one attached hydrogen (secondary N) is 1. The molecule has 18 heteroatoms. The lowest BCUT2D eigenvalue weighted by Gasteiger charge is -2.00. The van der Waals surface area contributed by atoms with Crippen molar-refractivity contribution in [3.05, 3.63) is 153 Å². The highest BCUT2D eigenvalue weighted by Crippen LogP contribution is 2.04. The van der Waals surface area contributed by atoms with Crippen molar-refractivity contribution in [3.63, 3.8) is 0 Å². The fourth-order valence-electron chi connectivity index (χ4n) is 3.96. The van der Waals surface area contributed by atoms with Crippen LogP contribution in [0, 0.1) is 30.9 Å². The first kappa shape index (κ1) is 35.2. The Balaban J connectivity index is 0.000000171. The molecule has 0 radical (unpaired) electrons. The zero-order valence-electron chi connectivity index (χ0n) is 23.4. The third-order valence-electron chi connectivity index (χ3n) is 6.05. The van der Waals surface area contributed by atoms with Gasteiger partial charge in [0.15, 0.2) is 22.9 Å². The van der Waals surface area contributed by atoms with Crippen LogP contribution in [0.3, 0.4) is 0 Å². The summed E-state index contributed by atoms with van der Waals surface area (Å²) in [5.74, 6) is 0. The Labute approximate surface area is 271 Å². The van der Waals surface area contributed by atoms with E-state index in [1.807, 2.05) is 12.1 Å². The van der Waals surface area contributed by atoms with Crippen LogP contribution >= 0.6 is 0 Å². The van der Waals surface area contributed by atoms with E-state index in [4.69, 9.17) is 0 Å². The summed E-state index contributed by atoms with van der Waals surface area (Å²) < 4.78 is 2.15. The van der Waals surface area contributed by atoms with Gasteiger partial charge in [0, 0.05) is 23.3 Å². The molecule has 4 aromatic carbocycles. The highest BCUT2D eigenvalue weighted by molar-refractivity contribution is 5.70. The molecule has 0 bridgehead atoms. The number of fused-ring (bicyclic) bond motifs is 4. The molecule has 4 aromatic heterocycles. The molecule has 8 rings (SSSR count). The Bertz CT molecular complexity index is 2210. The van der Waals surface area contributed by atoms with E-state index in [2.05, 4.69) is 30.5 Å². The molecule has 0 aliphatic carbocycles. The van der Waals surface area contributed by atoms with Crippen LogP contribution in [0.1, 0.15) is 14.9 Å². The zero-order chi connectivity index (χ0) is 32.5. The number of hydrogen-bond donors (Lipinski definition) is 1. The molecular formula is C30H29N12O6+. The van der Waals surface area contributed by atoms with Crippen LogP contribution in [0.25, 0.3) is 44.1 Å². The fourth-order valence-corrected chi connectivity index (χ4v) is 3.96. The van der Waals surface area contributed by atoms with Crippen molar-refractivity contribution < 1.29 is 28.4 Å². The van der Waals surface area contributed by atoms with Crippen molar-refractivity contribution in [1.82, 2.24) is 30.5 Å². The first-order chi connectivity index (χ1) is 22.3. The highest BCUT2D eigenvalue weighted by Gasteiger charge is 2.11. The minimum Gasteiger partial charge on any atom is -0.710 e. The summed E-state index contributed by atoms with van der Waals surface area (Å²) in [7, 11) is 0. The van der Waals surface area contributed by atoms with Crippen LogP contribution in [0.15, 0.2) is 122 Å². The molecule has 0 saturated carbocycles. The van der Waals surface area contributed by atoms with Gasteiger partial charge in [-0.2, -0.15) is 0 Å². The van der Waals surface area contributed by atoms with Gasteiger partial charge in [-0.25, -0.2) is 14.4 Å². The average Bonchev–Trinajstić information content (AvgIpc) is 3.08. The van der Waals surface area contributed by atoms with Gasteiger partial charge in [0.2, 0.25) is 15.2 Å². The van der Waals surface area contributed by atoms with Gasteiger partial charge >= 0.3 is 24.5 Å². The van der Waals surface area contributed by atoms with E-state index in [1.165, 1.54) is 6.33 Å². The number of para-hydroxylation sites is 7. The standard InChI is InChI=1S/C7H6N3O2.C7H5N3O2.2C7H5N3O.2CH4/c11-9-5-10(12)8-6-3-1-2-4-7(6)9;11-9-5-8-10(12)7-4-2-1-3-6(7)9;11-10-5-8-9-6-3-1-2-4-7(6)10;11-10-7-4-2-1-3-6(7)8-5-9-10;;/h1-5H,(H,8,12);1-5H;2*1-5H;2*1H4/q+1;;;;;. The van der Waals surface area contributed by atoms with Crippen LogP contribution in [0.2, 0.25) is 0 Å². The Morgan fingerprint density at radius 1 is 0.542 bits per heavy atom. The molecule has 0 fully saturated rings. The smallest absolute Gasteiger partial charge is 0.497 e. The summed E-state index contributed by atoms with van der Waals surface area (Å²) in [6.07, 6.45) is 4.22. The lowest BCUT2D eigenvalue weighted by molar-refractivity contribution is -0.709. The molecule has 1 N–H and O–H groups in total. The van der Waals surface area contributed by atoms with Crippen molar-refractivity contribution in [3.8, 4) is 0 Å². The lowest BCUT2D eigenvalue weighted by atomic mass is 10.3. The van der Waals surface area contributed by atoms with E-state index in [1.54, 1.807) is 84.9 Å². The number of rotatable bonds is 0. The van der Waals surface area contributed by atoms with Crippen molar-refractivity contribution in [2.75, 3.05) is 0 Å². The third kappa shape index (κ3) is 8.27. The molecule has 48 heavy (non-hydrogen) atoms. The monoisotopic (exact) mass is 653 g/mol. The molecule has 0 atom stereocenters. The summed E-state index contributed by atoms with van der Waals surface area (Å²) in [6.45, 7) is 0. The van der Waals surface area contributed by atoms with Gasteiger partial charge in [-0.05, 0) is 40.3 Å². The van der Waals surface area contributed by atoms with Crippen LogP contribution < -0.4 is 28.4 Å². The molecule has 0 amide bonds. The first-order valence-electron chi connectivity index (χ1n) is 13.1. The van der Waals surface area contributed by atoms with Crippen LogP contribution in [0.4, 0.5) is 0 Å². The van der Waals surface area contributed by atoms with Crippen molar-refractivity contribution in [2.24, 2.45) is 0 Å². The summed E-state index contributed by atoms with van der Waals surface area (Å²) in [6, 6.07) is 27.4. The summed E-state index contributed by atoms with van der Waals surface area (Å²) >= 11 is 0. The largest absolute Gasteiger partial charge is 0.710 e. The minimum absolute atomic E-state index is 0. The summed E-state index contributed by atoms with van der Waals surface area (Å²) in [4.78, 5) is 15.6. The van der Waals surface area contributed by atoms with E-state index >= 15 is 0 Å². The van der Waals surface area contributed by atoms with Gasteiger partial charge in [0.25, 0.3) is 11.0 Å². The lowest BCUT2D eigenvalue weighted by Crippen LogP contribution is -2.40. The number of benzene rings is 4. The van der Waals surface area contributed by atoms with Crippen molar-refractivity contribution in [2.45, 2.75) is 14.9 Å². The molecule has 244 valence electrons. The molecule has 0 unspecified atom stereocenters. The maximum Gasteiger partial charge on any atom is 0.497 e. The van der Waals surface area contributed by atoms with Gasteiger partial charge in [-0.3, -0.25) is 0 Å². The predicted molar refractivity (Wildman–Crippen MR) is 171 cm³/mol. The molecule has 0 spiro atoms. The van der Waals surface area contributed by atoms with Gasteiger partial charge in [-0.1, -0.05) is 63.4 Å². The number of aromatic nitrogens is 12. The van der Waals surface area contributed by atoms with Gasteiger partial charge in [-0.15, -0.1) is 9.83 Å². The van der Waals surface area contributed by atoms with Crippen molar-refractivity contribution >= 4 is 44.1 Å². The molecule has 8 aromatic rings.